The molecule has 3 aromatic carbocycles. The molecule has 0 spiro atoms. The number of aromatic nitrogens is 2. The Labute approximate surface area is 163 Å². The second-order valence-electron chi connectivity index (χ2n) is 6.07. The summed E-state index contributed by atoms with van der Waals surface area (Å²) in [6.07, 6.45) is 0. The maximum absolute atomic E-state index is 5.93. The minimum Gasteiger partial charge on any atom is -0.456 e. The molecule has 4 heteroatoms. The molecule has 124 valence electrons. The second kappa shape index (κ2) is 6.21. The first-order valence-electron chi connectivity index (χ1n) is 8.30. The van der Waals surface area contributed by atoms with Crippen LogP contribution in [0.5, 0.6) is 0 Å². The van der Waals surface area contributed by atoms with E-state index in [1.54, 1.807) is 0 Å². The molecule has 0 saturated heterocycles. The van der Waals surface area contributed by atoms with Crippen LogP contribution in [0, 0.1) is 3.70 Å². The minimum atomic E-state index is 0.740. The van der Waals surface area contributed by atoms with E-state index in [0.29, 0.717) is 0 Å². The highest BCUT2D eigenvalue weighted by Gasteiger charge is 2.11. The van der Waals surface area contributed by atoms with E-state index in [-0.39, 0.29) is 0 Å². The molecule has 2 aromatic heterocycles. The van der Waals surface area contributed by atoms with Gasteiger partial charge in [0, 0.05) is 21.9 Å². The summed E-state index contributed by atoms with van der Waals surface area (Å²) in [5.41, 5.74) is 4.78. The topological polar surface area (TPSA) is 38.9 Å². The van der Waals surface area contributed by atoms with Gasteiger partial charge in [-0.15, -0.1) is 0 Å². The van der Waals surface area contributed by atoms with Crippen molar-refractivity contribution in [1.82, 2.24) is 9.97 Å². The largest absolute Gasteiger partial charge is 0.456 e. The Morgan fingerprint density at radius 3 is 2.31 bits per heavy atom. The SMILES string of the molecule is Ic1cc(-c2ccc3oc4ccccc4c3c2)nc(-c2ccccc2)n1. The standard InChI is InChI=1S/C22H13IN2O/c23-21-13-18(24-22(25-21)14-6-2-1-3-7-14)15-10-11-20-17(12-15)16-8-4-5-9-19(16)26-20/h1-13H. The van der Waals surface area contributed by atoms with Crippen LogP contribution in [0.4, 0.5) is 0 Å². The Kier molecular flexibility index (Phi) is 3.71. The Hall–Kier alpha value is -2.73. The van der Waals surface area contributed by atoms with E-state index in [0.717, 1.165) is 48.3 Å². The lowest BCUT2D eigenvalue weighted by Gasteiger charge is -2.06. The molecule has 0 unspecified atom stereocenters. The summed E-state index contributed by atoms with van der Waals surface area (Å²) in [5.74, 6) is 0.740. The Balaban J connectivity index is 1.70. The van der Waals surface area contributed by atoms with Gasteiger partial charge in [-0.2, -0.15) is 0 Å². The lowest BCUT2D eigenvalue weighted by atomic mass is 10.1. The van der Waals surface area contributed by atoms with Gasteiger partial charge in [-0.05, 0) is 52.9 Å². The van der Waals surface area contributed by atoms with E-state index in [2.05, 4.69) is 45.8 Å². The van der Waals surface area contributed by atoms with Crippen LogP contribution >= 0.6 is 22.6 Å². The van der Waals surface area contributed by atoms with Crippen LogP contribution in [0.1, 0.15) is 0 Å². The molecule has 0 atom stereocenters. The van der Waals surface area contributed by atoms with Crippen molar-refractivity contribution in [1.29, 1.82) is 0 Å². The van der Waals surface area contributed by atoms with Crippen LogP contribution in [0.25, 0.3) is 44.6 Å². The van der Waals surface area contributed by atoms with E-state index < -0.39 is 0 Å². The zero-order valence-electron chi connectivity index (χ0n) is 13.7. The van der Waals surface area contributed by atoms with Crippen LogP contribution in [-0.2, 0) is 0 Å². The van der Waals surface area contributed by atoms with Gasteiger partial charge in [0.2, 0.25) is 0 Å². The molecule has 0 aliphatic rings. The normalized spacial score (nSPS) is 11.3. The van der Waals surface area contributed by atoms with E-state index in [4.69, 9.17) is 9.40 Å². The molecule has 26 heavy (non-hydrogen) atoms. The van der Waals surface area contributed by atoms with Gasteiger partial charge >= 0.3 is 0 Å². The molecule has 0 aliphatic heterocycles. The van der Waals surface area contributed by atoms with Crippen molar-refractivity contribution >= 4 is 44.5 Å². The number of nitrogens with zero attached hydrogens (tertiary/aromatic N) is 2. The number of furan rings is 1. The predicted octanol–water partition coefficient (Wildman–Crippen LogP) is 6.31. The molecule has 0 amide bonds. The van der Waals surface area contributed by atoms with Crippen molar-refractivity contribution in [3.63, 3.8) is 0 Å². The van der Waals surface area contributed by atoms with Gasteiger partial charge in [0.15, 0.2) is 5.82 Å². The van der Waals surface area contributed by atoms with Crippen LogP contribution in [0.2, 0.25) is 0 Å². The second-order valence-corrected chi connectivity index (χ2v) is 7.18. The summed E-state index contributed by atoms with van der Waals surface area (Å²) in [7, 11) is 0. The number of para-hydroxylation sites is 1. The number of hydrogen-bond acceptors (Lipinski definition) is 3. The van der Waals surface area contributed by atoms with Crippen LogP contribution in [-0.4, -0.2) is 9.97 Å². The van der Waals surface area contributed by atoms with Gasteiger partial charge in [-0.3, -0.25) is 0 Å². The highest BCUT2D eigenvalue weighted by molar-refractivity contribution is 14.1. The van der Waals surface area contributed by atoms with Crippen molar-refractivity contribution in [2.24, 2.45) is 0 Å². The van der Waals surface area contributed by atoms with E-state index >= 15 is 0 Å². The molecule has 0 aliphatic carbocycles. The average Bonchev–Trinajstić information content (AvgIpc) is 3.06. The first kappa shape index (κ1) is 15.5. The van der Waals surface area contributed by atoms with E-state index in [9.17, 15) is 0 Å². The molecule has 5 rings (SSSR count). The fraction of sp³-hybridized carbons (Fsp3) is 0. The third kappa shape index (κ3) is 2.66. The summed E-state index contributed by atoms with van der Waals surface area (Å²) < 4.78 is 6.85. The summed E-state index contributed by atoms with van der Waals surface area (Å²) in [5, 5.41) is 2.23. The smallest absolute Gasteiger partial charge is 0.160 e. The van der Waals surface area contributed by atoms with Crippen molar-refractivity contribution in [3.05, 3.63) is 82.6 Å². The summed E-state index contributed by atoms with van der Waals surface area (Å²) in [6.45, 7) is 0. The molecule has 0 bridgehead atoms. The number of benzene rings is 3. The highest BCUT2D eigenvalue weighted by atomic mass is 127. The van der Waals surface area contributed by atoms with Crippen molar-refractivity contribution < 1.29 is 4.42 Å². The van der Waals surface area contributed by atoms with Gasteiger partial charge in [0.1, 0.15) is 14.9 Å². The van der Waals surface area contributed by atoms with E-state index in [1.165, 1.54) is 0 Å². The van der Waals surface area contributed by atoms with Crippen LogP contribution in [0.15, 0.2) is 83.3 Å². The third-order valence-corrected chi connectivity index (χ3v) is 4.95. The van der Waals surface area contributed by atoms with E-state index in [1.807, 2.05) is 60.7 Å². The van der Waals surface area contributed by atoms with Gasteiger partial charge in [0.25, 0.3) is 0 Å². The van der Waals surface area contributed by atoms with Gasteiger partial charge in [0.05, 0.1) is 5.69 Å². The molecule has 3 nitrogen and oxygen atoms in total. The summed E-state index contributed by atoms with van der Waals surface area (Å²) >= 11 is 2.25. The lowest BCUT2D eigenvalue weighted by Crippen LogP contribution is -1.94. The molecule has 0 fully saturated rings. The Morgan fingerprint density at radius 1 is 0.654 bits per heavy atom. The monoisotopic (exact) mass is 448 g/mol. The fourth-order valence-electron chi connectivity index (χ4n) is 3.17. The lowest BCUT2D eigenvalue weighted by molar-refractivity contribution is 0.669. The number of halogens is 1. The molecule has 2 heterocycles. The minimum absolute atomic E-state index is 0.740. The average molecular weight is 448 g/mol. The quantitative estimate of drug-likeness (QED) is 0.235. The van der Waals surface area contributed by atoms with Gasteiger partial charge in [-0.1, -0.05) is 48.5 Å². The Morgan fingerprint density at radius 2 is 1.42 bits per heavy atom. The molecular formula is C22H13IN2O. The predicted molar refractivity (Wildman–Crippen MR) is 113 cm³/mol. The van der Waals surface area contributed by atoms with Crippen LogP contribution in [0.3, 0.4) is 0 Å². The van der Waals surface area contributed by atoms with Gasteiger partial charge in [-0.25, -0.2) is 9.97 Å². The zero-order valence-corrected chi connectivity index (χ0v) is 15.8. The number of rotatable bonds is 2. The van der Waals surface area contributed by atoms with Crippen molar-refractivity contribution in [2.45, 2.75) is 0 Å². The molecular weight excluding hydrogens is 435 g/mol. The third-order valence-electron chi connectivity index (χ3n) is 4.40. The molecule has 0 radical (unpaired) electrons. The zero-order chi connectivity index (χ0) is 17.5. The fourth-order valence-corrected chi connectivity index (χ4v) is 3.69. The highest BCUT2D eigenvalue weighted by Crippen LogP contribution is 2.32. The molecule has 5 aromatic rings. The van der Waals surface area contributed by atoms with Crippen molar-refractivity contribution in [3.8, 4) is 22.6 Å². The summed E-state index contributed by atoms with van der Waals surface area (Å²) in [4.78, 5) is 9.39. The van der Waals surface area contributed by atoms with Crippen molar-refractivity contribution in [2.75, 3.05) is 0 Å². The number of hydrogen-bond donors (Lipinski definition) is 0. The maximum atomic E-state index is 5.93. The summed E-state index contributed by atoms with van der Waals surface area (Å²) in [6, 6.07) is 26.4. The molecule has 0 N–H and O–H groups in total. The Bertz CT molecular complexity index is 1250. The van der Waals surface area contributed by atoms with Crippen LogP contribution < -0.4 is 0 Å². The first-order valence-corrected chi connectivity index (χ1v) is 9.37. The number of fused-ring (bicyclic) bond motifs is 3. The first-order chi connectivity index (χ1) is 12.8. The molecule has 0 saturated carbocycles. The maximum Gasteiger partial charge on any atom is 0.160 e. The van der Waals surface area contributed by atoms with Gasteiger partial charge < -0.3 is 4.42 Å².